The van der Waals surface area contributed by atoms with E-state index in [1.807, 2.05) is 6.29 Å². The average Bonchev–Trinajstić information content (AvgIpc) is 2.57. The summed E-state index contributed by atoms with van der Waals surface area (Å²) in [6.45, 7) is 2.29. The van der Waals surface area contributed by atoms with Gasteiger partial charge < -0.3 is 0 Å². The van der Waals surface area contributed by atoms with E-state index in [0.717, 1.165) is 6.42 Å². The lowest BCUT2D eigenvalue weighted by Crippen LogP contribution is -1.84. The van der Waals surface area contributed by atoms with Gasteiger partial charge in [-0.25, -0.2) is 0 Å². The Bertz CT molecular complexity index is 212. The molecule has 0 unspecified atom stereocenters. The Hall–Kier alpha value is -0.420. The molecular weight excluding hydrogens is 280 g/mol. The first-order chi connectivity index (χ1) is 11.4. The van der Waals surface area contributed by atoms with Gasteiger partial charge in [-0.1, -0.05) is 116 Å². The van der Waals surface area contributed by atoms with Gasteiger partial charge >= 0.3 is 6.29 Å². The van der Waals surface area contributed by atoms with E-state index in [4.69, 9.17) is 0 Å². The van der Waals surface area contributed by atoms with Crippen LogP contribution in [0.15, 0.2) is 0 Å². The molecule has 0 bridgehead atoms. The third-order valence-corrected chi connectivity index (χ3v) is 4.88. The van der Waals surface area contributed by atoms with Crippen molar-refractivity contribution >= 4 is 6.29 Å². The van der Waals surface area contributed by atoms with Gasteiger partial charge in [-0.2, -0.15) is 0 Å². The van der Waals surface area contributed by atoms with Crippen molar-refractivity contribution in [3.63, 3.8) is 0 Å². The largest absolute Gasteiger partial charge is 0.506 e. The molecule has 0 aliphatic heterocycles. The number of hydrogen-bond acceptors (Lipinski definition) is 1. The average molecular weight is 324 g/mol. The van der Waals surface area contributed by atoms with Gasteiger partial charge in [0.15, 0.2) is 0 Å². The summed E-state index contributed by atoms with van der Waals surface area (Å²) in [5, 5.41) is 0. The van der Waals surface area contributed by atoms with Crippen LogP contribution in [-0.4, -0.2) is 6.29 Å². The Morgan fingerprint density at radius 1 is 0.435 bits per heavy atom. The van der Waals surface area contributed by atoms with Gasteiger partial charge in [0.2, 0.25) is 6.42 Å². The maximum Gasteiger partial charge on any atom is 0.506 e. The second-order valence-corrected chi connectivity index (χ2v) is 7.26. The molecular formula is C22H43O+. The molecule has 23 heavy (non-hydrogen) atoms. The Morgan fingerprint density at radius 2 is 0.696 bits per heavy atom. The Morgan fingerprint density at radius 3 is 0.957 bits per heavy atom. The molecule has 0 radical (unpaired) electrons. The molecule has 0 amide bonds. The number of rotatable bonds is 20. The normalized spacial score (nSPS) is 10.8. The van der Waals surface area contributed by atoms with Gasteiger partial charge in [-0.3, -0.25) is 0 Å². The highest BCUT2D eigenvalue weighted by Gasteiger charge is 1.98. The third-order valence-electron chi connectivity index (χ3n) is 4.88. The van der Waals surface area contributed by atoms with E-state index in [0.29, 0.717) is 6.42 Å². The zero-order valence-corrected chi connectivity index (χ0v) is 16.1. The third kappa shape index (κ3) is 21.6. The van der Waals surface area contributed by atoms with Crippen LogP contribution in [0.3, 0.4) is 0 Å². The van der Waals surface area contributed by atoms with Crippen LogP contribution in [-0.2, 0) is 4.79 Å². The molecule has 0 aromatic carbocycles. The highest BCUT2D eigenvalue weighted by atomic mass is 16.1. The molecule has 0 rings (SSSR count). The zero-order valence-electron chi connectivity index (χ0n) is 16.1. The molecule has 0 aromatic rings. The van der Waals surface area contributed by atoms with Gasteiger partial charge in [-0.15, -0.1) is 0 Å². The van der Waals surface area contributed by atoms with Gasteiger partial charge in [0.05, 0.1) is 0 Å². The standard InChI is InChI=1S/C22H43O/c1-2-3-4-5-6-7-8-9-10-11-12-13-14-15-16-17-18-19-20-21-22-23/h2-21H2,1H3/q+1. The van der Waals surface area contributed by atoms with Crippen molar-refractivity contribution in [3.8, 4) is 0 Å². The van der Waals surface area contributed by atoms with Crippen molar-refractivity contribution in [2.24, 2.45) is 0 Å². The first-order valence-corrected chi connectivity index (χ1v) is 10.8. The maximum atomic E-state index is 10.1. The summed E-state index contributed by atoms with van der Waals surface area (Å²) in [5.41, 5.74) is 0. The van der Waals surface area contributed by atoms with Gasteiger partial charge in [-0.05, 0) is 6.42 Å². The molecule has 0 fully saturated rings. The molecule has 0 aliphatic carbocycles. The van der Waals surface area contributed by atoms with Crippen LogP contribution >= 0.6 is 0 Å². The van der Waals surface area contributed by atoms with E-state index in [2.05, 4.69) is 6.92 Å². The second kappa shape index (κ2) is 21.6. The van der Waals surface area contributed by atoms with Crippen LogP contribution in [0.1, 0.15) is 135 Å². The maximum absolute atomic E-state index is 10.1. The highest BCUT2D eigenvalue weighted by Crippen LogP contribution is 2.14. The molecule has 0 atom stereocenters. The van der Waals surface area contributed by atoms with Crippen LogP contribution in [0.2, 0.25) is 0 Å². The highest BCUT2D eigenvalue weighted by molar-refractivity contribution is 5.50. The van der Waals surface area contributed by atoms with Gasteiger partial charge in [0.25, 0.3) is 0 Å². The van der Waals surface area contributed by atoms with Crippen molar-refractivity contribution in [3.05, 3.63) is 0 Å². The SMILES string of the molecule is CCCCCCCCCCCCCCCCCCCCC[C+]=O. The molecule has 0 aromatic heterocycles. The minimum atomic E-state index is 0.638. The van der Waals surface area contributed by atoms with E-state index in [1.165, 1.54) is 116 Å². The number of unbranched alkanes of at least 4 members (excludes halogenated alkanes) is 19. The summed E-state index contributed by atoms with van der Waals surface area (Å²) in [5.74, 6) is 0. The molecule has 0 N–H and O–H groups in total. The second-order valence-electron chi connectivity index (χ2n) is 7.26. The van der Waals surface area contributed by atoms with E-state index < -0.39 is 0 Å². The molecule has 136 valence electrons. The van der Waals surface area contributed by atoms with Crippen LogP contribution in [0.4, 0.5) is 0 Å². The van der Waals surface area contributed by atoms with Gasteiger partial charge in [0.1, 0.15) is 0 Å². The molecule has 0 aliphatic rings. The number of hydrogen-bond donors (Lipinski definition) is 0. The topological polar surface area (TPSA) is 17.1 Å². The van der Waals surface area contributed by atoms with Crippen molar-refractivity contribution in [2.75, 3.05) is 0 Å². The Labute approximate surface area is 147 Å². The molecule has 0 saturated carbocycles. The quantitative estimate of drug-likeness (QED) is 0.164. The summed E-state index contributed by atoms with van der Waals surface area (Å²) < 4.78 is 0. The molecule has 0 heterocycles. The fraction of sp³-hybridized carbons (Fsp3) is 0.955. The first-order valence-electron chi connectivity index (χ1n) is 10.8. The molecule has 0 saturated heterocycles. The molecule has 1 nitrogen and oxygen atoms in total. The fourth-order valence-corrected chi connectivity index (χ4v) is 3.28. The van der Waals surface area contributed by atoms with Crippen LogP contribution in [0.25, 0.3) is 0 Å². The summed E-state index contributed by atoms with van der Waals surface area (Å²) in [6.07, 6.45) is 29.1. The van der Waals surface area contributed by atoms with E-state index in [-0.39, 0.29) is 0 Å². The zero-order chi connectivity index (χ0) is 16.8. The summed E-state index contributed by atoms with van der Waals surface area (Å²) in [7, 11) is 0. The Balaban J connectivity index is 2.93. The fourth-order valence-electron chi connectivity index (χ4n) is 3.28. The van der Waals surface area contributed by atoms with Crippen LogP contribution < -0.4 is 0 Å². The van der Waals surface area contributed by atoms with Crippen LogP contribution in [0.5, 0.6) is 0 Å². The Kier molecular flexibility index (Phi) is 21.2. The minimum Gasteiger partial charge on any atom is -0.0654 e. The van der Waals surface area contributed by atoms with Crippen LogP contribution in [0, 0.1) is 0 Å². The van der Waals surface area contributed by atoms with Crippen molar-refractivity contribution < 1.29 is 4.79 Å². The van der Waals surface area contributed by atoms with Gasteiger partial charge in [0, 0.05) is 11.2 Å². The lowest BCUT2D eigenvalue weighted by atomic mass is 10.0. The molecule has 1 heteroatoms. The minimum absolute atomic E-state index is 0.638. The van der Waals surface area contributed by atoms with Crippen molar-refractivity contribution in [1.82, 2.24) is 0 Å². The summed E-state index contributed by atoms with van der Waals surface area (Å²) in [4.78, 5) is 10.1. The lowest BCUT2D eigenvalue weighted by molar-refractivity contribution is 0.521. The molecule has 0 spiro atoms. The first kappa shape index (κ1) is 22.6. The summed E-state index contributed by atoms with van der Waals surface area (Å²) >= 11 is 0. The van der Waals surface area contributed by atoms with E-state index in [1.54, 1.807) is 0 Å². The van der Waals surface area contributed by atoms with Crippen molar-refractivity contribution in [1.29, 1.82) is 0 Å². The lowest BCUT2D eigenvalue weighted by Gasteiger charge is -2.03. The predicted molar refractivity (Wildman–Crippen MR) is 104 cm³/mol. The monoisotopic (exact) mass is 323 g/mol. The smallest absolute Gasteiger partial charge is 0.0654 e. The predicted octanol–water partition coefficient (Wildman–Crippen LogP) is 7.92. The summed E-state index contributed by atoms with van der Waals surface area (Å²) in [6, 6.07) is 0. The number of carbonyl (C=O) groups excluding carboxylic acids is 1. The van der Waals surface area contributed by atoms with E-state index >= 15 is 0 Å². The van der Waals surface area contributed by atoms with E-state index in [9.17, 15) is 4.79 Å². The van der Waals surface area contributed by atoms with Crippen molar-refractivity contribution in [2.45, 2.75) is 135 Å².